The van der Waals surface area contributed by atoms with E-state index in [0.717, 1.165) is 5.92 Å². The summed E-state index contributed by atoms with van der Waals surface area (Å²) in [4.78, 5) is 5.11. The molecule has 0 aromatic carbocycles. The second kappa shape index (κ2) is 9.73. The molecule has 1 aliphatic rings. The maximum Gasteiger partial charge on any atom is 0.0459 e. The smallest absolute Gasteiger partial charge is 0.0459 e. The lowest BCUT2D eigenvalue weighted by Crippen LogP contribution is -2.46. The molecule has 1 atom stereocenters. The summed E-state index contributed by atoms with van der Waals surface area (Å²) in [6, 6.07) is 0. The van der Waals surface area contributed by atoms with Crippen molar-refractivity contribution in [3.8, 4) is 0 Å². The minimum absolute atomic E-state index is 0.371. The molecule has 3 nitrogen and oxygen atoms in total. The van der Waals surface area contributed by atoms with Crippen LogP contribution in [0.25, 0.3) is 0 Å². The first-order valence-electron chi connectivity index (χ1n) is 8.21. The number of aliphatic hydroxyl groups excluding tert-OH is 1. The number of piperazine rings is 1. The zero-order valence-electron chi connectivity index (χ0n) is 13.3. The molecule has 114 valence electrons. The lowest BCUT2D eigenvalue weighted by atomic mass is 9.94. The Labute approximate surface area is 120 Å². The van der Waals surface area contributed by atoms with E-state index in [1.807, 2.05) is 0 Å². The van der Waals surface area contributed by atoms with Gasteiger partial charge in [-0.05, 0) is 44.2 Å². The zero-order valence-corrected chi connectivity index (χ0v) is 13.3. The normalized spacial score (nSPS) is 20.1. The third-order valence-corrected chi connectivity index (χ3v) is 4.41. The van der Waals surface area contributed by atoms with Crippen LogP contribution in [0.15, 0.2) is 0 Å². The van der Waals surface area contributed by atoms with E-state index in [1.165, 1.54) is 65.0 Å². The molecule has 1 aliphatic heterocycles. The van der Waals surface area contributed by atoms with Crippen molar-refractivity contribution in [2.24, 2.45) is 11.8 Å². The van der Waals surface area contributed by atoms with Crippen molar-refractivity contribution >= 4 is 0 Å². The lowest BCUT2D eigenvalue weighted by molar-refractivity contribution is 0.130. The van der Waals surface area contributed by atoms with E-state index in [2.05, 4.69) is 30.6 Å². The predicted octanol–water partition coefficient (Wildman–Crippen LogP) is 2.45. The van der Waals surface area contributed by atoms with Crippen molar-refractivity contribution in [2.45, 2.75) is 46.5 Å². The predicted molar refractivity (Wildman–Crippen MR) is 82.4 cm³/mol. The first-order chi connectivity index (χ1) is 9.15. The molecule has 1 saturated heterocycles. The Kier molecular flexibility index (Phi) is 8.67. The third-order valence-electron chi connectivity index (χ3n) is 4.41. The molecule has 0 spiro atoms. The molecular weight excluding hydrogens is 236 g/mol. The minimum Gasteiger partial charge on any atom is -0.396 e. The van der Waals surface area contributed by atoms with Gasteiger partial charge in [-0.25, -0.2) is 0 Å². The fourth-order valence-corrected chi connectivity index (χ4v) is 2.83. The molecule has 1 N–H and O–H groups in total. The summed E-state index contributed by atoms with van der Waals surface area (Å²) in [5.74, 6) is 1.29. The van der Waals surface area contributed by atoms with E-state index in [9.17, 15) is 5.11 Å². The van der Waals surface area contributed by atoms with Crippen molar-refractivity contribution in [1.29, 1.82) is 0 Å². The van der Waals surface area contributed by atoms with Gasteiger partial charge in [0.15, 0.2) is 0 Å². The highest BCUT2D eigenvalue weighted by atomic mass is 16.3. The fourth-order valence-electron chi connectivity index (χ4n) is 2.83. The Morgan fingerprint density at radius 3 is 2.11 bits per heavy atom. The van der Waals surface area contributed by atoms with Crippen LogP contribution >= 0.6 is 0 Å². The van der Waals surface area contributed by atoms with Crippen molar-refractivity contribution < 1.29 is 5.11 Å². The van der Waals surface area contributed by atoms with Gasteiger partial charge >= 0.3 is 0 Å². The first kappa shape index (κ1) is 16.9. The van der Waals surface area contributed by atoms with Crippen molar-refractivity contribution in [3.63, 3.8) is 0 Å². The Hall–Kier alpha value is -0.120. The van der Waals surface area contributed by atoms with Crippen LogP contribution in [-0.2, 0) is 0 Å². The van der Waals surface area contributed by atoms with Gasteiger partial charge in [0.25, 0.3) is 0 Å². The van der Waals surface area contributed by atoms with Crippen LogP contribution in [0.5, 0.6) is 0 Å². The molecule has 0 amide bonds. The molecule has 3 heteroatoms. The van der Waals surface area contributed by atoms with Crippen LogP contribution in [0.4, 0.5) is 0 Å². The highest BCUT2D eigenvalue weighted by Gasteiger charge is 2.15. The molecule has 0 aromatic rings. The summed E-state index contributed by atoms with van der Waals surface area (Å²) in [7, 11) is 0. The number of hydrogen-bond acceptors (Lipinski definition) is 3. The monoisotopic (exact) mass is 270 g/mol. The van der Waals surface area contributed by atoms with Gasteiger partial charge in [-0.3, -0.25) is 0 Å². The van der Waals surface area contributed by atoms with Crippen molar-refractivity contribution in [2.75, 3.05) is 45.9 Å². The minimum atomic E-state index is 0.371. The van der Waals surface area contributed by atoms with E-state index in [4.69, 9.17) is 0 Å². The average Bonchev–Trinajstić information content (AvgIpc) is 2.43. The van der Waals surface area contributed by atoms with E-state index in [-0.39, 0.29) is 0 Å². The molecule has 1 rings (SSSR count). The SMILES string of the molecule is CCN1CCN(CCC[C@@H](CO)CCC(C)C)CC1. The van der Waals surface area contributed by atoms with Crippen LogP contribution in [0, 0.1) is 11.8 Å². The topological polar surface area (TPSA) is 26.7 Å². The summed E-state index contributed by atoms with van der Waals surface area (Å²) < 4.78 is 0. The summed E-state index contributed by atoms with van der Waals surface area (Å²) in [5, 5.41) is 9.42. The van der Waals surface area contributed by atoms with Gasteiger partial charge < -0.3 is 14.9 Å². The third kappa shape index (κ3) is 7.28. The molecule has 0 saturated carbocycles. The number of nitrogens with zero attached hydrogens (tertiary/aromatic N) is 2. The Morgan fingerprint density at radius 1 is 0.947 bits per heavy atom. The van der Waals surface area contributed by atoms with Crippen molar-refractivity contribution in [3.05, 3.63) is 0 Å². The van der Waals surface area contributed by atoms with Gasteiger partial charge in [-0.2, -0.15) is 0 Å². The number of likely N-dealkylation sites (N-methyl/N-ethyl adjacent to an activating group) is 1. The van der Waals surface area contributed by atoms with E-state index >= 15 is 0 Å². The molecule has 0 unspecified atom stereocenters. The molecule has 1 fully saturated rings. The molecule has 1 heterocycles. The summed E-state index contributed by atoms with van der Waals surface area (Å²) in [6.07, 6.45) is 4.88. The van der Waals surface area contributed by atoms with Gasteiger partial charge in [-0.15, -0.1) is 0 Å². The van der Waals surface area contributed by atoms with Crippen molar-refractivity contribution in [1.82, 2.24) is 9.80 Å². The summed E-state index contributed by atoms with van der Waals surface area (Å²) in [6.45, 7) is 14.5. The van der Waals surface area contributed by atoms with Crippen LogP contribution in [0.1, 0.15) is 46.5 Å². The highest BCUT2D eigenvalue weighted by molar-refractivity contribution is 4.71. The molecule has 0 aliphatic carbocycles. The Morgan fingerprint density at radius 2 is 1.58 bits per heavy atom. The second-order valence-corrected chi connectivity index (χ2v) is 6.44. The van der Waals surface area contributed by atoms with Crippen LogP contribution < -0.4 is 0 Å². The van der Waals surface area contributed by atoms with Gasteiger partial charge in [-0.1, -0.05) is 27.2 Å². The van der Waals surface area contributed by atoms with E-state index in [0.29, 0.717) is 12.5 Å². The molecule has 0 bridgehead atoms. The largest absolute Gasteiger partial charge is 0.396 e. The summed E-state index contributed by atoms with van der Waals surface area (Å²) >= 11 is 0. The van der Waals surface area contributed by atoms with Crippen LogP contribution in [0.3, 0.4) is 0 Å². The van der Waals surface area contributed by atoms with Gasteiger partial charge in [0.2, 0.25) is 0 Å². The van der Waals surface area contributed by atoms with E-state index in [1.54, 1.807) is 0 Å². The highest BCUT2D eigenvalue weighted by Crippen LogP contribution is 2.17. The van der Waals surface area contributed by atoms with Gasteiger partial charge in [0.05, 0.1) is 0 Å². The van der Waals surface area contributed by atoms with Gasteiger partial charge in [0.1, 0.15) is 0 Å². The maximum absolute atomic E-state index is 9.42. The summed E-state index contributed by atoms with van der Waals surface area (Å²) in [5.41, 5.74) is 0. The zero-order chi connectivity index (χ0) is 14.1. The number of aliphatic hydroxyl groups is 1. The molecule has 0 aromatic heterocycles. The van der Waals surface area contributed by atoms with Crippen LogP contribution in [0.2, 0.25) is 0 Å². The standard InChI is InChI=1S/C16H34N2O/c1-4-17-10-12-18(13-11-17)9-5-6-16(14-19)8-7-15(2)3/h15-16,19H,4-14H2,1-3H3/t16-/m1/s1. The second-order valence-electron chi connectivity index (χ2n) is 6.44. The van der Waals surface area contributed by atoms with E-state index < -0.39 is 0 Å². The maximum atomic E-state index is 9.42. The lowest BCUT2D eigenvalue weighted by Gasteiger charge is -2.34. The average molecular weight is 270 g/mol. The molecule has 0 radical (unpaired) electrons. The Bertz CT molecular complexity index is 213. The Balaban J connectivity index is 2.08. The molecule has 19 heavy (non-hydrogen) atoms. The quantitative estimate of drug-likeness (QED) is 0.697. The fraction of sp³-hybridized carbons (Fsp3) is 1.00. The number of hydrogen-bond donors (Lipinski definition) is 1. The molecular formula is C16H34N2O. The number of rotatable bonds is 9. The van der Waals surface area contributed by atoms with Gasteiger partial charge in [0, 0.05) is 32.8 Å². The van der Waals surface area contributed by atoms with Crippen LogP contribution in [-0.4, -0.2) is 60.8 Å². The first-order valence-corrected chi connectivity index (χ1v) is 8.21.